The fourth-order valence-corrected chi connectivity index (χ4v) is 2.65. The van der Waals surface area contributed by atoms with Crippen LogP contribution in [-0.2, 0) is 20.9 Å². The maximum Gasteiger partial charge on any atom is 0.423 e. The zero-order valence-electron chi connectivity index (χ0n) is 12.5. The number of carbonyl (C=O) groups excluding carboxylic acids is 1. The highest BCUT2D eigenvalue weighted by Crippen LogP contribution is 2.38. The maximum absolute atomic E-state index is 13.3. The van der Waals surface area contributed by atoms with E-state index in [0.717, 1.165) is 0 Å². The topological polar surface area (TPSA) is 89.6 Å². The highest BCUT2D eigenvalue weighted by atomic mass is 19.4. The lowest BCUT2D eigenvalue weighted by molar-refractivity contribution is -0.152. The van der Waals surface area contributed by atoms with Gasteiger partial charge in [-0.05, 0) is 24.0 Å². The summed E-state index contributed by atoms with van der Waals surface area (Å²) in [5, 5.41) is 8.95. The molecule has 5 nitrogen and oxygen atoms in total. The van der Waals surface area contributed by atoms with Crippen molar-refractivity contribution in [3.8, 4) is 0 Å². The second-order valence-electron chi connectivity index (χ2n) is 5.54. The van der Waals surface area contributed by atoms with Gasteiger partial charge in [0, 0.05) is 6.04 Å². The summed E-state index contributed by atoms with van der Waals surface area (Å²) in [4.78, 5) is 22.9. The highest BCUT2D eigenvalue weighted by Gasteiger charge is 2.46. The minimum Gasteiger partial charge on any atom is -0.481 e. The number of carboxylic acid groups (broad SMARTS) is 1. The van der Waals surface area contributed by atoms with Crippen LogP contribution in [0.5, 0.6) is 0 Å². The number of alkyl halides is 3. The van der Waals surface area contributed by atoms with Crippen LogP contribution in [0.4, 0.5) is 13.2 Å². The van der Waals surface area contributed by atoms with E-state index in [9.17, 15) is 22.8 Å². The molecule has 0 heterocycles. The van der Waals surface area contributed by atoms with Gasteiger partial charge >= 0.3 is 18.1 Å². The van der Waals surface area contributed by atoms with E-state index in [4.69, 9.17) is 15.6 Å². The fourth-order valence-electron chi connectivity index (χ4n) is 2.65. The number of esters is 1. The predicted molar refractivity (Wildman–Crippen MR) is 77.7 cm³/mol. The normalized spacial score (nSPS) is 23.0. The van der Waals surface area contributed by atoms with Crippen molar-refractivity contribution in [3.05, 3.63) is 47.0 Å². The van der Waals surface area contributed by atoms with Gasteiger partial charge in [0.2, 0.25) is 0 Å². The van der Waals surface area contributed by atoms with E-state index < -0.39 is 47.6 Å². The van der Waals surface area contributed by atoms with Crippen LogP contribution in [0.15, 0.2) is 41.5 Å². The molecule has 24 heavy (non-hydrogen) atoms. The molecule has 0 unspecified atom stereocenters. The smallest absolute Gasteiger partial charge is 0.423 e. The Morgan fingerprint density at radius 3 is 2.38 bits per heavy atom. The van der Waals surface area contributed by atoms with Gasteiger partial charge in [0.1, 0.15) is 12.2 Å². The minimum absolute atomic E-state index is 0.143. The molecule has 1 aromatic carbocycles. The first kappa shape index (κ1) is 18.0. The van der Waals surface area contributed by atoms with Gasteiger partial charge in [-0.2, -0.15) is 13.2 Å². The molecule has 2 atom stereocenters. The Kier molecular flexibility index (Phi) is 5.28. The molecule has 1 aliphatic rings. The number of aliphatic carboxylic acids is 1. The van der Waals surface area contributed by atoms with Gasteiger partial charge in [0.15, 0.2) is 0 Å². The van der Waals surface area contributed by atoms with Crippen molar-refractivity contribution in [2.45, 2.75) is 31.7 Å². The molecule has 0 radical (unpaired) electrons. The molecular weight excluding hydrogens is 327 g/mol. The molecule has 8 heteroatoms. The van der Waals surface area contributed by atoms with Crippen molar-refractivity contribution in [2.24, 2.45) is 11.7 Å². The van der Waals surface area contributed by atoms with Crippen molar-refractivity contribution < 1.29 is 32.6 Å². The van der Waals surface area contributed by atoms with Crippen LogP contribution >= 0.6 is 0 Å². The summed E-state index contributed by atoms with van der Waals surface area (Å²) in [5.74, 6) is -3.81. The first-order valence-corrected chi connectivity index (χ1v) is 7.19. The standard InChI is InChI=1S/C16H16F3NO4/c17-16(18,19)13(11-6-10(14(21)22)7-12(11)20)15(23)24-8-9-4-2-1-3-5-9/h1-5,10,12H,6-8,20H2,(H,21,22)/b13-11-/t10-,12-/m0/s1. The number of hydrogen-bond acceptors (Lipinski definition) is 4. The number of carboxylic acids is 1. The fraction of sp³-hybridized carbons (Fsp3) is 0.375. The Morgan fingerprint density at radius 1 is 1.25 bits per heavy atom. The number of halogens is 3. The largest absolute Gasteiger partial charge is 0.481 e. The van der Waals surface area contributed by atoms with Crippen LogP contribution in [0.3, 0.4) is 0 Å². The van der Waals surface area contributed by atoms with E-state index in [2.05, 4.69) is 0 Å². The lowest BCUT2D eigenvalue weighted by Crippen LogP contribution is -2.29. The third-order valence-electron chi connectivity index (χ3n) is 3.82. The molecular formula is C16H16F3NO4. The van der Waals surface area contributed by atoms with Gasteiger partial charge in [0.05, 0.1) is 5.92 Å². The predicted octanol–water partition coefficient (Wildman–Crippen LogP) is 2.41. The molecule has 130 valence electrons. The van der Waals surface area contributed by atoms with Crippen molar-refractivity contribution in [2.75, 3.05) is 0 Å². The number of rotatable bonds is 4. The first-order valence-electron chi connectivity index (χ1n) is 7.19. The number of carbonyl (C=O) groups is 2. The van der Waals surface area contributed by atoms with Gasteiger partial charge in [-0.3, -0.25) is 4.79 Å². The zero-order chi connectivity index (χ0) is 17.9. The highest BCUT2D eigenvalue weighted by molar-refractivity contribution is 5.91. The molecule has 3 N–H and O–H groups in total. The number of ether oxygens (including phenoxy) is 1. The lowest BCUT2D eigenvalue weighted by atomic mass is 10.0. The molecule has 2 rings (SSSR count). The average molecular weight is 343 g/mol. The maximum atomic E-state index is 13.3. The van der Waals surface area contributed by atoms with Crippen molar-refractivity contribution in [3.63, 3.8) is 0 Å². The number of nitrogens with two attached hydrogens (primary N) is 1. The third kappa shape index (κ3) is 4.14. The summed E-state index contributed by atoms with van der Waals surface area (Å²) >= 11 is 0. The van der Waals surface area contributed by atoms with E-state index in [1.807, 2.05) is 0 Å². The van der Waals surface area contributed by atoms with Crippen LogP contribution in [0.2, 0.25) is 0 Å². The second-order valence-corrected chi connectivity index (χ2v) is 5.54. The van der Waals surface area contributed by atoms with Gasteiger partial charge < -0.3 is 15.6 Å². The second kappa shape index (κ2) is 7.04. The molecule has 0 bridgehead atoms. The summed E-state index contributed by atoms with van der Waals surface area (Å²) < 4.78 is 44.6. The minimum atomic E-state index is -4.96. The van der Waals surface area contributed by atoms with Crippen LogP contribution in [0.25, 0.3) is 0 Å². The van der Waals surface area contributed by atoms with Crippen LogP contribution in [-0.4, -0.2) is 29.3 Å². The Labute approximate surface area is 135 Å². The molecule has 0 aliphatic heterocycles. The van der Waals surface area contributed by atoms with Crippen LogP contribution in [0, 0.1) is 5.92 Å². The molecule has 1 fully saturated rings. The Bertz CT molecular complexity index is 655. The van der Waals surface area contributed by atoms with E-state index >= 15 is 0 Å². The monoisotopic (exact) mass is 343 g/mol. The summed E-state index contributed by atoms with van der Waals surface area (Å²) in [7, 11) is 0. The average Bonchev–Trinajstić information content (AvgIpc) is 2.87. The van der Waals surface area contributed by atoms with E-state index in [1.54, 1.807) is 30.3 Å². The quantitative estimate of drug-likeness (QED) is 0.647. The van der Waals surface area contributed by atoms with Crippen molar-refractivity contribution in [1.29, 1.82) is 0 Å². The van der Waals surface area contributed by atoms with Crippen LogP contribution in [0.1, 0.15) is 18.4 Å². The Morgan fingerprint density at radius 2 is 1.88 bits per heavy atom. The molecule has 1 aromatic rings. The van der Waals surface area contributed by atoms with Gasteiger partial charge in [-0.25, -0.2) is 4.79 Å². The molecule has 1 aliphatic carbocycles. The molecule has 0 aromatic heterocycles. The molecule has 1 saturated carbocycles. The van der Waals surface area contributed by atoms with Crippen molar-refractivity contribution in [1.82, 2.24) is 0 Å². The van der Waals surface area contributed by atoms with E-state index in [0.29, 0.717) is 5.56 Å². The third-order valence-corrected chi connectivity index (χ3v) is 3.82. The number of hydrogen-bond donors (Lipinski definition) is 2. The van der Waals surface area contributed by atoms with E-state index in [1.165, 1.54) is 0 Å². The SMILES string of the molecule is N[C@H]1C[C@@H](C(=O)O)C/C1=C(\C(=O)OCc1ccccc1)C(F)(F)F. The number of benzene rings is 1. The van der Waals surface area contributed by atoms with Crippen LogP contribution < -0.4 is 5.73 Å². The summed E-state index contributed by atoms with van der Waals surface area (Å²) in [5.41, 5.74) is 4.26. The van der Waals surface area contributed by atoms with Gasteiger partial charge in [-0.15, -0.1) is 0 Å². The zero-order valence-corrected chi connectivity index (χ0v) is 12.5. The molecule has 0 amide bonds. The van der Waals surface area contributed by atoms with Crippen molar-refractivity contribution >= 4 is 11.9 Å². The van der Waals surface area contributed by atoms with Gasteiger partial charge in [-0.1, -0.05) is 30.3 Å². The molecule has 0 spiro atoms. The first-order chi connectivity index (χ1) is 11.2. The molecule has 0 saturated heterocycles. The van der Waals surface area contributed by atoms with E-state index in [-0.39, 0.29) is 13.0 Å². The lowest BCUT2D eigenvalue weighted by Gasteiger charge is -2.16. The summed E-state index contributed by atoms with van der Waals surface area (Å²) in [6.45, 7) is -0.315. The Hall–Kier alpha value is -2.35. The Balaban J connectivity index is 2.24. The summed E-state index contributed by atoms with van der Waals surface area (Å²) in [6.07, 6.45) is -5.52. The summed E-state index contributed by atoms with van der Waals surface area (Å²) in [6, 6.07) is 7.13. The van der Waals surface area contributed by atoms with Gasteiger partial charge in [0.25, 0.3) is 0 Å².